The highest BCUT2D eigenvalue weighted by Gasteiger charge is 2.45. The van der Waals surface area contributed by atoms with Crippen LogP contribution in [-0.2, 0) is 43.3 Å². The number of aromatic nitrogens is 5. The number of nitrogens with one attached hydrogen (secondary N) is 4. The lowest BCUT2D eigenvalue weighted by molar-refractivity contribution is -0.150. The summed E-state index contributed by atoms with van der Waals surface area (Å²) in [6.07, 6.45) is 4.99. The van der Waals surface area contributed by atoms with Crippen LogP contribution in [0.4, 0.5) is 17.1 Å². The number of guanidine groups is 1. The quantitative estimate of drug-likeness (QED) is 0.0315. The summed E-state index contributed by atoms with van der Waals surface area (Å²) in [5, 5.41) is 15.3. The zero-order valence-electron chi connectivity index (χ0n) is 31.7. The van der Waals surface area contributed by atoms with Gasteiger partial charge in [0.1, 0.15) is 29.4 Å². The molecule has 57 heavy (non-hydrogen) atoms. The Bertz CT molecular complexity index is 2400. The van der Waals surface area contributed by atoms with Gasteiger partial charge in [-0.25, -0.2) is 4.79 Å². The van der Waals surface area contributed by atoms with E-state index in [0.717, 1.165) is 5.56 Å². The maximum absolute atomic E-state index is 13.3. The summed E-state index contributed by atoms with van der Waals surface area (Å²) in [6, 6.07) is 15.2. The Morgan fingerprint density at radius 1 is 0.807 bits per heavy atom. The summed E-state index contributed by atoms with van der Waals surface area (Å²) in [6.45, 7) is 4.20. The lowest BCUT2D eigenvalue weighted by Crippen LogP contribution is -2.33. The van der Waals surface area contributed by atoms with E-state index in [9.17, 15) is 24.0 Å². The monoisotopic (exact) mass is 778 g/mol. The molecule has 1 aromatic carbocycles. The SMILES string of the molecule is C=C1CC(COc2cc(C(=O)Nc3cc(C(=O)Nc4cc(C(=O)Nc5cc(C(=O)NCCN=C(N)N)n(C)c5)n(C)c4)n(C)c3)n(C)n2)(c2ccccc2)OC1=O. The molecule has 8 N–H and O–H groups in total. The first-order valence-corrected chi connectivity index (χ1v) is 17.5. The Hall–Kier alpha value is -7.57. The molecule has 0 spiro atoms. The molecule has 5 aromatic rings. The summed E-state index contributed by atoms with van der Waals surface area (Å²) < 4.78 is 17.7. The minimum absolute atomic E-state index is 0.0526. The smallest absolute Gasteiger partial charge is 0.334 e. The second-order valence-corrected chi connectivity index (χ2v) is 13.4. The first-order chi connectivity index (χ1) is 27.1. The minimum atomic E-state index is -1.09. The predicted octanol–water partition coefficient (Wildman–Crippen LogP) is 1.97. The third-order valence-corrected chi connectivity index (χ3v) is 9.10. The van der Waals surface area contributed by atoms with Crippen molar-refractivity contribution in [2.24, 2.45) is 44.7 Å². The molecule has 0 saturated carbocycles. The first-order valence-electron chi connectivity index (χ1n) is 17.5. The van der Waals surface area contributed by atoms with Gasteiger partial charge in [0.15, 0.2) is 11.6 Å². The number of nitrogens with zero attached hydrogens (tertiary/aromatic N) is 6. The van der Waals surface area contributed by atoms with Crippen LogP contribution in [0.25, 0.3) is 0 Å². The summed E-state index contributed by atoms with van der Waals surface area (Å²) in [5.41, 5.74) is 12.6. The minimum Gasteiger partial charge on any atom is -0.472 e. The molecule has 1 aliphatic rings. The Morgan fingerprint density at radius 3 is 1.81 bits per heavy atom. The number of rotatable bonds is 14. The lowest BCUT2D eigenvalue weighted by Gasteiger charge is -2.27. The molecule has 4 amide bonds. The van der Waals surface area contributed by atoms with E-state index in [1.807, 2.05) is 30.3 Å². The number of ether oxygens (including phenoxy) is 2. The number of hydrogen-bond donors (Lipinski definition) is 6. The van der Waals surface area contributed by atoms with Crippen LogP contribution in [0, 0.1) is 0 Å². The highest BCUT2D eigenvalue weighted by Crippen LogP contribution is 2.39. The van der Waals surface area contributed by atoms with Crippen molar-refractivity contribution in [1.82, 2.24) is 28.8 Å². The maximum atomic E-state index is 13.3. The van der Waals surface area contributed by atoms with Crippen LogP contribution in [0.1, 0.15) is 53.9 Å². The van der Waals surface area contributed by atoms with E-state index in [1.165, 1.54) is 28.9 Å². The van der Waals surface area contributed by atoms with Crippen LogP contribution in [0.15, 0.2) is 90.3 Å². The van der Waals surface area contributed by atoms with Gasteiger partial charge in [-0.1, -0.05) is 36.9 Å². The number of carbonyl (C=O) groups is 5. The van der Waals surface area contributed by atoms with E-state index in [-0.39, 0.29) is 60.9 Å². The fourth-order valence-electron chi connectivity index (χ4n) is 6.29. The van der Waals surface area contributed by atoms with Crippen LogP contribution < -0.4 is 37.5 Å². The Balaban J connectivity index is 1.05. The molecule has 1 unspecified atom stereocenters. The molecule has 19 nitrogen and oxygen atoms in total. The van der Waals surface area contributed by atoms with E-state index in [4.69, 9.17) is 20.9 Å². The van der Waals surface area contributed by atoms with Gasteiger partial charge >= 0.3 is 5.97 Å². The number of benzene rings is 1. The number of nitrogens with two attached hydrogens (primary N) is 2. The van der Waals surface area contributed by atoms with Gasteiger partial charge < -0.3 is 55.9 Å². The van der Waals surface area contributed by atoms with Crippen LogP contribution in [0.5, 0.6) is 5.88 Å². The molecule has 0 bridgehead atoms. The van der Waals surface area contributed by atoms with Crippen LogP contribution >= 0.6 is 0 Å². The van der Waals surface area contributed by atoms with E-state index in [2.05, 4.69) is 37.9 Å². The van der Waals surface area contributed by atoms with E-state index < -0.39 is 29.3 Å². The molecule has 0 radical (unpaired) electrons. The fraction of sp³-hybridized carbons (Fsp3) is 0.237. The highest BCUT2D eigenvalue weighted by atomic mass is 16.6. The predicted molar refractivity (Wildman–Crippen MR) is 210 cm³/mol. The topological polar surface area (TPSA) is 249 Å². The standard InChI is InChI=1S/C38H42N12O7/c1-22-17-38(57-36(22)55,23-9-7-6-8-10-23)21-56-31-16-30(50(5)46-31)35(54)45-26-15-29(49(4)20-26)34(53)44-25-14-28(48(3)19-25)33(52)43-24-13-27(47(2)18-24)32(51)41-11-12-42-37(39)40/h6-10,13-16,18-20H,1,11-12,17,21H2,2-5H3,(H,41,51)(H,43,52)(H,44,53)(H,45,54)(H4,39,40,42). The number of aryl methyl sites for hydroxylation is 4. The van der Waals surface area contributed by atoms with E-state index in [0.29, 0.717) is 28.3 Å². The van der Waals surface area contributed by atoms with Crippen LogP contribution in [-0.4, -0.2) is 78.7 Å². The molecular weight excluding hydrogens is 736 g/mol. The second-order valence-electron chi connectivity index (χ2n) is 13.4. The first kappa shape index (κ1) is 39.1. The van der Waals surface area contributed by atoms with Crippen molar-refractivity contribution in [3.63, 3.8) is 0 Å². The number of cyclic esters (lactones) is 1. The molecule has 1 saturated heterocycles. The zero-order chi connectivity index (χ0) is 41.0. The van der Waals surface area contributed by atoms with Gasteiger partial charge in [0, 0.05) is 71.4 Å². The van der Waals surface area contributed by atoms with Crippen LogP contribution in [0.3, 0.4) is 0 Å². The number of hydrogen-bond acceptors (Lipinski definition) is 9. The third-order valence-electron chi connectivity index (χ3n) is 9.10. The Kier molecular flexibility index (Phi) is 11.0. The van der Waals surface area contributed by atoms with Crippen molar-refractivity contribution in [3.8, 4) is 5.88 Å². The van der Waals surface area contributed by atoms with Gasteiger partial charge in [0.05, 0.1) is 23.6 Å². The summed E-state index contributed by atoms with van der Waals surface area (Å²) in [4.78, 5) is 68.6. The average molecular weight is 779 g/mol. The molecule has 1 fully saturated rings. The van der Waals surface area contributed by atoms with E-state index in [1.54, 1.807) is 60.5 Å². The Morgan fingerprint density at radius 2 is 1.32 bits per heavy atom. The van der Waals surface area contributed by atoms with Crippen molar-refractivity contribution in [2.45, 2.75) is 12.0 Å². The fourth-order valence-corrected chi connectivity index (χ4v) is 6.29. The molecule has 1 aliphatic heterocycles. The van der Waals surface area contributed by atoms with Crippen molar-refractivity contribution in [3.05, 3.63) is 114 Å². The molecule has 6 rings (SSSR count). The van der Waals surface area contributed by atoms with Gasteiger partial charge in [-0.05, 0) is 23.8 Å². The number of amides is 4. The number of carbonyl (C=O) groups excluding carboxylic acids is 5. The molecule has 0 aliphatic carbocycles. The molecule has 5 heterocycles. The largest absolute Gasteiger partial charge is 0.472 e. The summed E-state index contributed by atoms with van der Waals surface area (Å²) in [7, 11) is 6.55. The number of aliphatic imine (C=N–C) groups is 1. The van der Waals surface area contributed by atoms with Gasteiger partial charge in [-0.3, -0.25) is 28.9 Å². The third kappa shape index (κ3) is 8.72. The van der Waals surface area contributed by atoms with Crippen LogP contribution in [0.2, 0.25) is 0 Å². The number of anilines is 3. The molecule has 4 aromatic heterocycles. The molecular formula is C38H42N12O7. The highest BCUT2D eigenvalue weighted by molar-refractivity contribution is 6.08. The van der Waals surface area contributed by atoms with Gasteiger partial charge in [0.2, 0.25) is 5.88 Å². The number of esters is 1. The summed E-state index contributed by atoms with van der Waals surface area (Å²) in [5.74, 6) is -2.28. The lowest BCUT2D eigenvalue weighted by atomic mass is 9.90. The summed E-state index contributed by atoms with van der Waals surface area (Å²) >= 11 is 0. The van der Waals surface area contributed by atoms with Crippen molar-refractivity contribution < 1.29 is 33.4 Å². The Labute approximate surface area is 326 Å². The van der Waals surface area contributed by atoms with Gasteiger partial charge in [0.25, 0.3) is 23.6 Å². The van der Waals surface area contributed by atoms with Gasteiger partial charge in [-0.2, -0.15) is 0 Å². The molecule has 1 atom stereocenters. The van der Waals surface area contributed by atoms with Crippen molar-refractivity contribution in [2.75, 3.05) is 35.6 Å². The molecule has 296 valence electrons. The molecule has 19 heteroatoms. The second kappa shape index (κ2) is 16.0. The average Bonchev–Trinajstić information content (AvgIpc) is 3.97. The normalized spacial score (nSPS) is 14.8. The zero-order valence-corrected chi connectivity index (χ0v) is 31.7. The van der Waals surface area contributed by atoms with Gasteiger partial charge in [-0.15, -0.1) is 5.10 Å². The maximum Gasteiger partial charge on any atom is 0.334 e. The van der Waals surface area contributed by atoms with E-state index >= 15 is 0 Å². The van der Waals surface area contributed by atoms with Crippen molar-refractivity contribution >= 4 is 52.6 Å². The van der Waals surface area contributed by atoms with Crippen molar-refractivity contribution in [1.29, 1.82) is 0 Å².